The van der Waals surface area contributed by atoms with Crippen molar-refractivity contribution in [3.8, 4) is 0 Å². The van der Waals surface area contributed by atoms with Crippen molar-refractivity contribution in [3.05, 3.63) is 146 Å². The third kappa shape index (κ3) is 82.3. The number of hydrogen-bond donors (Lipinski definition) is 0. The fourth-order valence-electron chi connectivity index (χ4n) is 11.7. The van der Waals surface area contributed by atoms with Crippen LogP contribution in [0, 0.1) is 0 Å². The lowest BCUT2D eigenvalue weighted by atomic mass is 10.0. The van der Waals surface area contributed by atoms with Gasteiger partial charge in [0.25, 0.3) is 0 Å². The summed E-state index contributed by atoms with van der Waals surface area (Å²) in [6.07, 6.45) is 116. The molecule has 0 rings (SSSR count). The number of aliphatic carboxylic acids is 1. The monoisotopic (exact) mass is 1400 g/mol. The van der Waals surface area contributed by atoms with Crippen molar-refractivity contribution in [2.24, 2.45) is 0 Å². The fourth-order valence-corrected chi connectivity index (χ4v) is 11.7. The van der Waals surface area contributed by atoms with Gasteiger partial charge in [0.1, 0.15) is 13.2 Å². The second kappa shape index (κ2) is 80.8. The molecule has 0 aromatic heterocycles. The van der Waals surface area contributed by atoms with Gasteiger partial charge in [0.05, 0.1) is 40.3 Å². The van der Waals surface area contributed by atoms with Crippen LogP contribution in [0.5, 0.6) is 0 Å². The molecule has 0 N–H and O–H groups in total. The molecule has 0 aliphatic carbocycles. The maximum absolute atomic E-state index is 13.0. The summed E-state index contributed by atoms with van der Waals surface area (Å²) in [4.78, 5) is 37.6. The minimum Gasteiger partial charge on any atom is -0.545 e. The van der Waals surface area contributed by atoms with Crippen LogP contribution < -0.4 is 5.11 Å². The molecule has 0 heterocycles. The lowest BCUT2D eigenvalue weighted by Crippen LogP contribution is -2.44. The van der Waals surface area contributed by atoms with E-state index in [0.717, 1.165) is 116 Å². The van der Waals surface area contributed by atoms with E-state index < -0.39 is 24.3 Å². The molecule has 0 aromatic carbocycles. The first-order chi connectivity index (χ1) is 49.6. The average molecular weight is 1410 g/mol. The molecular formula is C92H157NO8. The first-order valence-electron chi connectivity index (χ1n) is 42.0. The maximum atomic E-state index is 13.0. The summed E-state index contributed by atoms with van der Waals surface area (Å²) in [6.45, 7) is 4.63. The topological polar surface area (TPSA) is 111 Å². The number of ether oxygens (including phenoxy) is 4. The number of quaternary nitrogens is 1. The van der Waals surface area contributed by atoms with Crippen molar-refractivity contribution in [2.75, 3.05) is 47.5 Å². The van der Waals surface area contributed by atoms with Crippen molar-refractivity contribution >= 4 is 17.9 Å². The molecule has 578 valence electrons. The van der Waals surface area contributed by atoms with E-state index >= 15 is 0 Å². The van der Waals surface area contributed by atoms with E-state index in [1.54, 1.807) is 0 Å². The van der Waals surface area contributed by atoms with Crippen molar-refractivity contribution in [1.29, 1.82) is 0 Å². The molecule has 0 aliphatic heterocycles. The number of carbonyl (C=O) groups excluding carboxylic acids is 3. The lowest BCUT2D eigenvalue weighted by Gasteiger charge is -2.26. The maximum Gasteiger partial charge on any atom is 0.306 e. The van der Waals surface area contributed by atoms with E-state index in [0.29, 0.717) is 17.4 Å². The summed E-state index contributed by atoms with van der Waals surface area (Å²) in [7, 11) is 5.93. The third-order valence-corrected chi connectivity index (χ3v) is 18.1. The molecule has 0 bridgehead atoms. The summed E-state index contributed by atoms with van der Waals surface area (Å²) in [5, 5.41) is 11.9. The van der Waals surface area contributed by atoms with E-state index in [-0.39, 0.29) is 38.6 Å². The Hall–Kier alpha value is -4.83. The molecule has 0 radical (unpaired) electrons. The zero-order chi connectivity index (χ0) is 73.2. The van der Waals surface area contributed by atoms with Crippen LogP contribution in [0.2, 0.25) is 0 Å². The van der Waals surface area contributed by atoms with Crippen LogP contribution in [-0.4, -0.2) is 82.3 Å². The largest absolute Gasteiger partial charge is 0.545 e. The Morgan fingerprint density at radius 3 is 0.842 bits per heavy atom. The van der Waals surface area contributed by atoms with Crippen LogP contribution in [0.1, 0.15) is 361 Å². The summed E-state index contributed by atoms with van der Waals surface area (Å²) >= 11 is 0. The van der Waals surface area contributed by atoms with Gasteiger partial charge in [-0.1, -0.05) is 372 Å². The van der Waals surface area contributed by atoms with E-state index in [9.17, 15) is 19.5 Å². The number of carboxylic acids is 1. The number of likely N-dealkylation sites (N-methyl/N-ethyl adjacent to an activating group) is 1. The van der Waals surface area contributed by atoms with Gasteiger partial charge in [0, 0.05) is 12.8 Å². The molecule has 2 atom stereocenters. The highest BCUT2D eigenvalue weighted by molar-refractivity contribution is 5.70. The van der Waals surface area contributed by atoms with Gasteiger partial charge in [-0.2, -0.15) is 0 Å². The molecular weight excluding hydrogens is 1250 g/mol. The van der Waals surface area contributed by atoms with Gasteiger partial charge < -0.3 is 33.3 Å². The molecule has 0 aliphatic rings. The second-order valence-corrected chi connectivity index (χ2v) is 29.0. The number of rotatable bonds is 77. The second-order valence-electron chi connectivity index (χ2n) is 29.0. The fraction of sp³-hybridized carbons (Fsp3) is 0.707. The number of esters is 2. The number of carboxylic acid groups (broad SMARTS) is 1. The number of unbranched alkanes of at least 4 members (excludes halogenated alkanes) is 38. The molecule has 0 fully saturated rings. The highest BCUT2D eigenvalue weighted by Gasteiger charge is 2.22. The predicted octanol–water partition coefficient (Wildman–Crippen LogP) is 26.0. The van der Waals surface area contributed by atoms with Gasteiger partial charge in [-0.25, -0.2) is 0 Å². The molecule has 9 nitrogen and oxygen atoms in total. The quantitative estimate of drug-likeness (QED) is 0.0195. The third-order valence-electron chi connectivity index (χ3n) is 18.1. The minimum absolute atomic E-state index is 0.140. The van der Waals surface area contributed by atoms with Gasteiger partial charge >= 0.3 is 11.9 Å². The SMILES string of the molecule is CC/C=C\C/C=C\C/C=C\C/C=C\C/C=C\C/C=C\C/C=C\C/C=C\C/C=C\CCCCCCCCCC(=O)OC(COC(=O)CCCCCCCCCCCCCCCCCCCCCCCCCCCC/C=C\C/C=C\C/C=C\CCCCCCC)COC(OCC[N+](C)(C)C)C(=O)[O-]. The van der Waals surface area contributed by atoms with Crippen molar-refractivity contribution < 1.29 is 42.9 Å². The van der Waals surface area contributed by atoms with Crippen LogP contribution in [0.4, 0.5) is 0 Å². The highest BCUT2D eigenvalue weighted by Crippen LogP contribution is 2.19. The van der Waals surface area contributed by atoms with Crippen LogP contribution in [-0.2, 0) is 33.3 Å². The summed E-state index contributed by atoms with van der Waals surface area (Å²) in [5.74, 6) is -2.29. The average Bonchev–Trinajstić information content (AvgIpc) is 1.25. The van der Waals surface area contributed by atoms with E-state index in [1.165, 1.54) is 212 Å². The Labute approximate surface area is 623 Å². The Balaban J connectivity index is 4.03. The first kappa shape index (κ1) is 96.2. The first-order valence-corrected chi connectivity index (χ1v) is 42.0. The Morgan fingerprint density at radius 2 is 0.564 bits per heavy atom. The summed E-state index contributed by atoms with van der Waals surface area (Å²) in [5.41, 5.74) is 0. The van der Waals surface area contributed by atoms with E-state index in [4.69, 9.17) is 18.9 Å². The Morgan fingerprint density at radius 1 is 0.307 bits per heavy atom. The number of carbonyl (C=O) groups is 3. The standard InChI is InChI=1S/C92H157NO8/c1-6-8-10-12-14-16-18-20-22-24-26-28-30-32-34-36-38-40-42-43-44-45-46-47-49-50-52-54-56-58-60-62-64-66-68-70-72-74-76-78-80-82-89(94)99-86-88(87-100-92(91(96)97)98-85-84-93(3,4)5)101-90(95)83-81-79-77-75-73-71-69-67-65-63-61-59-57-55-53-51-48-41-39-37-35-33-31-29-27-25-23-21-19-17-15-13-11-9-7-2/h9,11,15,17-18,20-21,23-24,26-27,29-30,32-33,35,39,41,51,53,57,59,63,65,88,92H,6-8,10,12-14,16,19,22,25,28,31,34,36-38,40,42-50,52,54-56,58,60-62,64,66-87H2,1-5H3/b11-9-,17-15-,20-18-,23-21-,26-24-,29-27-,32-30-,35-33-,41-39-,53-51-,59-57-,65-63-. The van der Waals surface area contributed by atoms with Crippen molar-refractivity contribution in [3.63, 3.8) is 0 Å². The minimum atomic E-state index is -1.63. The molecule has 0 spiro atoms. The van der Waals surface area contributed by atoms with Gasteiger partial charge in [-0.15, -0.1) is 0 Å². The molecule has 0 saturated carbocycles. The van der Waals surface area contributed by atoms with Gasteiger partial charge in [-0.05, 0) is 122 Å². The summed E-state index contributed by atoms with van der Waals surface area (Å²) < 4.78 is 22.9. The van der Waals surface area contributed by atoms with E-state index in [2.05, 4.69) is 160 Å². The van der Waals surface area contributed by atoms with Gasteiger partial charge in [0.15, 0.2) is 12.4 Å². The van der Waals surface area contributed by atoms with Crippen molar-refractivity contribution in [2.45, 2.75) is 373 Å². The van der Waals surface area contributed by atoms with Gasteiger partial charge in [-0.3, -0.25) is 9.59 Å². The molecule has 101 heavy (non-hydrogen) atoms. The smallest absolute Gasteiger partial charge is 0.306 e. The van der Waals surface area contributed by atoms with Crippen LogP contribution >= 0.6 is 0 Å². The highest BCUT2D eigenvalue weighted by atomic mass is 16.7. The number of hydrogen-bond acceptors (Lipinski definition) is 8. The van der Waals surface area contributed by atoms with Crippen LogP contribution in [0.15, 0.2) is 146 Å². The molecule has 0 aromatic rings. The molecule has 2 unspecified atom stereocenters. The number of allylic oxidation sites excluding steroid dienone is 24. The number of nitrogens with zero attached hydrogens (tertiary/aromatic N) is 1. The zero-order valence-electron chi connectivity index (χ0n) is 66.2. The zero-order valence-corrected chi connectivity index (χ0v) is 66.2. The van der Waals surface area contributed by atoms with E-state index in [1.807, 2.05) is 21.1 Å². The molecule has 0 saturated heterocycles. The predicted molar refractivity (Wildman–Crippen MR) is 435 cm³/mol. The summed E-state index contributed by atoms with van der Waals surface area (Å²) in [6, 6.07) is 0. The lowest BCUT2D eigenvalue weighted by molar-refractivity contribution is -0.870. The van der Waals surface area contributed by atoms with Gasteiger partial charge in [0.2, 0.25) is 0 Å². The van der Waals surface area contributed by atoms with Crippen LogP contribution in [0.3, 0.4) is 0 Å². The molecule has 9 heteroatoms. The Kier molecular flexibility index (Phi) is 77.0. The van der Waals surface area contributed by atoms with Crippen molar-refractivity contribution in [1.82, 2.24) is 0 Å². The Bertz CT molecular complexity index is 2180. The molecule has 0 amide bonds. The van der Waals surface area contributed by atoms with Crippen LogP contribution in [0.25, 0.3) is 0 Å². The normalized spacial score (nSPS) is 13.4.